The lowest BCUT2D eigenvalue weighted by Crippen LogP contribution is -2.42. The normalized spacial score (nSPS) is 17.2. The molecule has 2 heterocycles. The molecule has 1 N–H and O–H groups in total. The minimum Gasteiger partial charge on any atom is -0.419 e. The van der Waals surface area contributed by atoms with E-state index in [2.05, 4.69) is 10.4 Å². The Morgan fingerprint density at radius 2 is 1.85 bits per heavy atom. The Balaban J connectivity index is 2.24. The van der Waals surface area contributed by atoms with Crippen molar-refractivity contribution in [2.75, 3.05) is 5.32 Å². The minimum absolute atomic E-state index is 0.167. The fourth-order valence-corrected chi connectivity index (χ4v) is 1.54. The highest BCUT2D eigenvalue weighted by molar-refractivity contribution is 6.15. The molecule has 1 aromatic rings. The molecule has 0 saturated carbocycles. The van der Waals surface area contributed by atoms with Gasteiger partial charge in [0.15, 0.2) is 5.57 Å². The third kappa shape index (κ3) is 2.68. The van der Waals surface area contributed by atoms with Crippen molar-refractivity contribution in [1.82, 2.24) is 9.78 Å². The molecule has 0 atom stereocenters. The summed E-state index contributed by atoms with van der Waals surface area (Å²) in [7, 11) is 1.48. The Hall–Kier alpha value is -2.64. The van der Waals surface area contributed by atoms with Gasteiger partial charge >= 0.3 is 11.9 Å². The van der Waals surface area contributed by atoms with Crippen LogP contribution in [0.25, 0.3) is 0 Å². The number of ether oxygens (including phenoxy) is 2. The number of carbonyl (C=O) groups is 2. The van der Waals surface area contributed by atoms with Crippen LogP contribution in [0.15, 0.2) is 28.8 Å². The van der Waals surface area contributed by atoms with E-state index < -0.39 is 23.3 Å². The number of hydrogen-bond acceptors (Lipinski definition) is 7. The van der Waals surface area contributed by atoms with Crippen LogP contribution in [0.1, 0.15) is 13.8 Å². The van der Waals surface area contributed by atoms with E-state index in [4.69, 9.17) is 9.47 Å². The summed E-state index contributed by atoms with van der Waals surface area (Å²) in [5.74, 6) is -2.92. The van der Waals surface area contributed by atoms with E-state index in [1.165, 1.54) is 33.2 Å². The van der Waals surface area contributed by atoms with E-state index >= 15 is 0 Å². The number of esters is 2. The average Bonchev–Trinajstić information content (AvgIpc) is 2.31. The molecule has 1 aliphatic heterocycles. The molecule has 0 bridgehead atoms. The maximum Gasteiger partial charge on any atom is 0.350 e. The van der Waals surface area contributed by atoms with E-state index in [1.54, 1.807) is 0 Å². The molecule has 1 aliphatic rings. The van der Waals surface area contributed by atoms with Crippen molar-refractivity contribution >= 4 is 17.6 Å². The smallest absolute Gasteiger partial charge is 0.350 e. The quantitative estimate of drug-likeness (QED) is 0.459. The molecule has 1 fully saturated rings. The lowest BCUT2D eigenvalue weighted by atomic mass is 10.2. The monoisotopic (exact) mass is 279 g/mol. The largest absolute Gasteiger partial charge is 0.419 e. The zero-order valence-corrected chi connectivity index (χ0v) is 11.2. The van der Waals surface area contributed by atoms with Crippen molar-refractivity contribution in [3.63, 3.8) is 0 Å². The zero-order valence-electron chi connectivity index (χ0n) is 11.2. The van der Waals surface area contributed by atoms with Crippen molar-refractivity contribution in [1.29, 1.82) is 0 Å². The number of nitrogens with one attached hydrogen (secondary N) is 1. The average molecular weight is 279 g/mol. The van der Waals surface area contributed by atoms with Gasteiger partial charge in [0.2, 0.25) is 0 Å². The predicted octanol–water partition coefficient (Wildman–Crippen LogP) is -0.0878. The van der Waals surface area contributed by atoms with Gasteiger partial charge in [0.05, 0.1) is 0 Å². The number of aryl methyl sites for hydroxylation is 1. The Morgan fingerprint density at radius 3 is 2.45 bits per heavy atom. The van der Waals surface area contributed by atoms with Crippen LogP contribution < -0.4 is 10.9 Å². The van der Waals surface area contributed by atoms with Crippen LogP contribution in [0.4, 0.5) is 5.69 Å². The van der Waals surface area contributed by atoms with E-state index in [9.17, 15) is 14.4 Å². The highest BCUT2D eigenvalue weighted by Crippen LogP contribution is 2.22. The van der Waals surface area contributed by atoms with Gasteiger partial charge in [-0.3, -0.25) is 4.79 Å². The van der Waals surface area contributed by atoms with Gasteiger partial charge in [-0.1, -0.05) is 0 Å². The van der Waals surface area contributed by atoms with Gasteiger partial charge in [0.1, 0.15) is 5.69 Å². The number of aromatic nitrogens is 2. The van der Waals surface area contributed by atoms with Crippen LogP contribution in [-0.4, -0.2) is 27.5 Å². The third-order valence-electron chi connectivity index (χ3n) is 2.49. The lowest BCUT2D eigenvalue weighted by molar-refractivity contribution is -0.222. The first-order chi connectivity index (χ1) is 9.30. The second-order valence-electron chi connectivity index (χ2n) is 4.55. The second-order valence-corrected chi connectivity index (χ2v) is 4.55. The highest BCUT2D eigenvalue weighted by atomic mass is 16.7. The first-order valence-electron chi connectivity index (χ1n) is 5.76. The van der Waals surface area contributed by atoms with Gasteiger partial charge in [-0.2, -0.15) is 5.10 Å². The number of hydrogen-bond donors (Lipinski definition) is 1. The molecule has 8 nitrogen and oxygen atoms in total. The number of anilines is 1. The summed E-state index contributed by atoms with van der Waals surface area (Å²) in [6.07, 6.45) is 2.49. The highest BCUT2D eigenvalue weighted by Gasteiger charge is 2.38. The maximum atomic E-state index is 11.7. The molecule has 2 rings (SSSR count). The first-order valence-corrected chi connectivity index (χ1v) is 5.76. The van der Waals surface area contributed by atoms with Gasteiger partial charge in [-0.15, -0.1) is 0 Å². The number of rotatable bonds is 2. The molecule has 8 heteroatoms. The van der Waals surface area contributed by atoms with Crippen LogP contribution in [-0.2, 0) is 26.1 Å². The summed E-state index contributed by atoms with van der Waals surface area (Å²) >= 11 is 0. The fourth-order valence-electron chi connectivity index (χ4n) is 1.54. The van der Waals surface area contributed by atoms with Crippen LogP contribution in [0, 0.1) is 0 Å². The summed E-state index contributed by atoms with van der Waals surface area (Å²) in [5, 5.41) is 6.32. The van der Waals surface area contributed by atoms with Crippen molar-refractivity contribution < 1.29 is 19.1 Å². The van der Waals surface area contributed by atoms with Crippen molar-refractivity contribution in [2.45, 2.75) is 19.6 Å². The topological polar surface area (TPSA) is 99.5 Å². The Kier molecular flexibility index (Phi) is 3.31. The summed E-state index contributed by atoms with van der Waals surface area (Å²) in [5.41, 5.74) is -0.550. The van der Waals surface area contributed by atoms with Crippen LogP contribution in [0.3, 0.4) is 0 Å². The van der Waals surface area contributed by atoms with E-state index in [1.807, 2.05) is 0 Å². The van der Waals surface area contributed by atoms with Gasteiger partial charge in [0, 0.05) is 33.3 Å². The van der Waals surface area contributed by atoms with Crippen molar-refractivity contribution in [3.8, 4) is 0 Å². The fraction of sp³-hybridized carbons (Fsp3) is 0.333. The summed E-state index contributed by atoms with van der Waals surface area (Å²) in [4.78, 5) is 35.0. The summed E-state index contributed by atoms with van der Waals surface area (Å²) in [6.45, 7) is 2.90. The van der Waals surface area contributed by atoms with Crippen LogP contribution >= 0.6 is 0 Å². The maximum absolute atomic E-state index is 11.7. The molecule has 0 aliphatic carbocycles. The third-order valence-corrected chi connectivity index (χ3v) is 2.49. The predicted molar refractivity (Wildman–Crippen MR) is 67.4 cm³/mol. The zero-order chi connectivity index (χ0) is 14.9. The van der Waals surface area contributed by atoms with Gasteiger partial charge in [-0.05, 0) is 6.07 Å². The molecule has 106 valence electrons. The van der Waals surface area contributed by atoms with Gasteiger partial charge < -0.3 is 14.8 Å². The Bertz CT molecular complexity index is 637. The second kappa shape index (κ2) is 4.80. The molecule has 0 aromatic carbocycles. The molecule has 0 spiro atoms. The molecule has 1 aromatic heterocycles. The minimum atomic E-state index is -1.29. The van der Waals surface area contributed by atoms with Crippen molar-refractivity contribution in [3.05, 3.63) is 34.4 Å². The molecule has 0 unspecified atom stereocenters. The Morgan fingerprint density at radius 1 is 1.25 bits per heavy atom. The molecule has 20 heavy (non-hydrogen) atoms. The molecule has 0 radical (unpaired) electrons. The molecule has 0 amide bonds. The van der Waals surface area contributed by atoms with Crippen molar-refractivity contribution in [2.24, 2.45) is 7.05 Å². The lowest BCUT2D eigenvalue weighted by Gasteiger charge is -2.29. The van der Waals surface area contributed by atoms with E-state index in [-0.39, 0.29) is 11.3 Å². The molecule has 1 saturated heterocycles. The first kappa shape index (κ1) is 13.8. The summed E-state index contributed by atoms with van der Waals surface area (Å²) < 4.78 is 10.9. The number of nitrogens with zero attached hydrogens (tertiary/aromatic N) is 2. The standard InChI is InChI=1S/C12H13N3O5/c1-12(2)19-10(17)7(11(18)20-12)6-13-8-4-5-14-15(3)9(8)16/h4-6,13H,1-3H3. The van der Waals surface area contributed by atoms with E-state index in [0.29, 0.717) is 0 Å². The van der Waals surface area contributed by atoms with E-state index in [0.717, 1.165) is 10.9 Å². The molecular weight excluding hydrogens is 266 g/mol. The number of cyclic esters (lactones) is 2. The van der Waals surface area contributed by atoms with Crippen LogP contribution in [0.5, 0.6) is 0 Å². The Labute approximate surface area is 114 Å². The SMILES string of the molecule is Cn1nccc(NC=C2C(=O)OC(C)(C)OC2=O)c1=O. The summed E-state index contributed by atoms with van der Waals surface area (Å²) in [6, 6.07) is 1.42. The molecular formula is C12H13N3O5. The number of carbonyl (C=O) groups excluding carboxylic acids is 2. The van der Waals surface area contributed by atoms with Crippen LogP contribution in [0.2, 0.25) is 0 Å². The van der Waals surface area contributed by atoms with Gasteiger partial charge in [-0.25, -0.2) is 14.3 Å². The van der Waals surface area contributed by atoms with Gasteiger partial charge in [0.25, 0.3) is 11.3 Å².